The van der Waals surface area contributed by atoms with Crippen LogP contribution in [0.15, 0.2) is 18.2 Å². The molecule has 4 rings (SSSR count). The van der Waals surface area contributed by atoms with Gasteiger partial charge in [-0.15, -0.1) is 0 Å². The average Bonchev–Trinajstić information content (AvgIpc) is 2.98. The standard InChI is InChI=1S/C21H30BF3N2O3Si/c1-13-6-7-14(10-15(13)22-29-18(2,3)19(4,5)30-22)26-17(28)27-9-8-20(12-27)16(31-20)11-21(23,24)25/h6-7,10,16H,8-9,11-12,31H2,1-5H3,(H,26,28)/t16-,20+/m1/s1. The quantitative estimate of drug-likeness (QED) is 0.711. The topological polar surface area (TPSA) is 50.8 Å². The molecule has 2 amide bonds. The highest BCUT2D eigenvalue weighted by Crippen LogP contribution is 2.65. The van der Waals surface area contributed by atoms with E-state index in [1.54, 1.807) is 4.90 Å². The van der Waals surface area contributed by atoms with E-state index >= 15 is 0 Å². The Morgan fingerprint density at radius 3 is 2.52 bits per heavy atom. The Morgan fingerprint density at radius 1 is 1.26 bits per heavy atom. The molecule has 1 aromatic carbocycles. The van der Waals surface area contributed by atoms with Crippen molar-refractivity contribution in [3.63, 3.8) is 0 Å². The van der Waals surface area contributed by atoms with Crippen molar-refractivity contribution in [3.8, 4) is 0 Å². The molecular weight excluding hydrogens is 424 g/mol. The van der Waals surface area contributed by atoms with E-state index in [2.05, 4.69) is 5.32 Å². The van der Waals surface area contributed by atoms with Crippen LogP contribution in [0.4, 0.5) is 23.7 Å². The Morgan fingerprint density at radius 2 is 1.90 bits per heavy atom. The number of likely N-dealkylation sites (tertiary alicyclic amines) is 1. The van der Waals surface area contributed by atoms with Crippen molar-refractivity contribution in [2.24, 2.45) is 0 Å². The highest BCUT2D eigenvalue weighted by Gasteiger charge is 2.61. The number of benzene rings is 1. The van der Waals surface area contributed by atoms with Gasteiger partial charge >= 0.3 is 19.3 Å². The van der Waals surface area contributed by atoms with Gasteiger partial charge < -0.3 is 19.5 Å². The molecular formula is C21H30BF3N2O3Si. The molecule has 1 N–H and O–H groups in total. The number of hydrogen-bond acceptors (Lipinski definition) is 3. The van der Waals surface area contributed by atoms with Crippen LogP contribution in [0, 0.1) is 6.92 Å². The van der Waals surface area contributed by atoms with E-state index in [0.29, 0.717) is 25.2 Å². The Hall–Kier alpha value is -1.52. The lowest BCUT2D eigenvalue weighted by atomic mass is 9.76. The molecule has 31 heavy (non-hydrogen) atoms. The van der Waals surface area contributed by atoms with Gasteiger partial charge in [-0.1, -0.05) is 11.6 Å². The highest BCUT2D eigenvalue weighted by atomic mass is 28.2. The molecule has 2 atom stereocenters. The summed E-state index contributed by atoms with van der Waals surface area (Å²) in [7, 11) is -1.31. The summed E-state index contributed by atoms with van der Waals surface area (Å²) in [5, 5.41) is 2.70. The van der Waals surface area contributed by atoms with Crippen LogP contribution in [-0.4, -0.2) is 58.0 Å². The van der Waals surface area contributed by atoms with Crippen LogP contribution in [0.2, 0.25) is 10.6 Å². The van der Waals surface area contributed by atoms with Crippen molar-refractivity contribution in [3.05, 3.63) is 23.8 Å². The molecule has 170 valence electrons. The third kappa shape index (κ3) is 4.39. The highest BCUT2D eigenvalue weighted by molar-refractivity contribution is 6.62. The number of amides is 2. The first-order valence-electron chi connectivity index (χ1n) is 10.8. The fraction of sp³-hybridized carbons (Fsp3) is 0.667. The Bertz CT molecular complexity index is 879. The fourth-order valence-corrected chi connectivity index (χ4v) is 7.29. The van der Waals surface area contributed by atoms with Crippen LogP contribution < -0.4 is 10.8 Å². The number of nitrogens with zero attached hydrogens (tertiary/aromatic N) is 1. The van der Waals surface area contributed by atoms with Gasteiger partial charge in [-0.3, -0.25) is 0 Å². The first-order chi connectivity index (χ1) is 14.2. The van der Waals surface area contributed by atoms with Gasteiger partial charge in [0.15, 0.2) is 0 Å². The van der Waals surface area contributed by atoms with Gasteiger partial charge in [0.05, 0.1) is 11.2 Å². The second-order valence-electron chi connectivity index (χ2n) is 10.3. The Labute approximate surface area is 184 Å². The molecule has 3 aliphatic heterocycles. The fourth-order valence-electron chi connectivity index (χ4n) is 4.71. The second-order valence-corrected chi connectivity index (χ2v) is 13.1. The number of anilines is 1. The van der Waals surface area contributed by atoms with Crippen LogP contribution >= 0.6 is 0 Å². The third-order valence-corrected chi connectivity index (χ3v) is 10.6. The molecule has 5 nitrogen and oxygen atoms in total. The molecule has 0 unspecified atom stereocenters. The van der Waals surface area contributed by atoms with Gasteiger partial charge in [-0.05, 0) is 69.2 Å². The van der Waals surface area contributed by atoms with E-state index in [9.17, 15) is 18.0 Å². The van der Waals surface area contributed by atoms with Crippen molar-refractivity contribution in [2.45, 2.75) is 75.4 Å². The predicted octanol–water partition coefficient (Wildman–Crippen LogP) is 3.61. The second kappa shape index (κ2) is 7.25. The molecule has 10 heteroatoms. The van der Waals surface area contributed by atoms with Crippen molar-refractivity contribution < 1.29 is 27.3 Å². The molecule has 0 bridgehead atoms. The van der Waals surface area contributed by atoms with Gasteiger partial charge in [-0.2, -0.15) is 13.2 Å². The zero-order valence-electron chi connectivity index (χ0n) is 18.7. The molecule has 0 saturated carbocycles. The maximum absolute atomic E-state index is 12.8. The van der Waals surface area contributed by atoms with E-state index in [0.717, 1.165) is 11.0 Å². The van der Waals surface area contributed by atoms with Gasteiger partial charge in [-0.25, -0.2) is 4.79 Å². The molecule has 3 aliphatic rings. The van der Waals surface area contributed by atoms with Crippen LogP contribution in [0.25, 0.3) is 0 Å². The SMILES string of the molecule is Cc1ccc(NC(=O)N2CC[C@@]3(C2)[SiH2][C@@H]3CC(F)(F)F)cc1B1OC(C)(C)C(C)(C)O1. The van der Waals surface area contributed by atoms with E-state index in [4.69, 9.17) is 9.31 Å². The zero-order valence-corrected chi connectivity index (χ0v) is 20.1. The first-order valence-corrected chi connectivity index (χ1v) is 12.3. The van der Waals surface area contributed by atoms with Crippen molar-refractivity contribution in [1.82, 2.24) is 4.90 Å². The van der Waals surface area contributed by atoms with Crippen LogP contribution in [0.3, 0.4) is 0 Å². The summed E-state index contributed by atoms with van der Waals surface area (Å²) in [6.07, 6.45) is -4.10. The zero-order chi connectivity index (χ0) is 22.8. The molecule has 1 spiro atoms. The summed E-state index contributed by atoms with van der Waals surface area (Å²) in [6.45, 7) is 10.9. The number of rotatable bonds is 3. The minimum Gasteiger partial charge on any atom is -0.399 e. The molecule has 3 fully saturated rings. The monoisotopic (exact) mass is 454 g/mol. The summed E-state index contributed by atoms with van der Waals surface area (Å²) in [6, 6.07) is 5.34. The summed E-state index contributed by atoms with van der Waals surface area (Å²) in [5.41, 5.74) is 1.33. The normalized spacial score (nSPS) is 29.7. The molecule has 3 saturated heterocycles. The lowest BCUT2D eigenvalue weighted by molar-refractivity contribution is -0.134. The number of carbonyl (C=O) groups excluding carboxylic acids is 1. The van der Waals surface area contributed by atoms with Gasteiger partial charge in [0.1, 0.15) is 0 Å². The number of hydrogen-bond donors (Lipinski definition) is 1. The molecule has 0 aromatic heterocycles. The van der Waals surface area contributed by atoms with Gasteiger partial charge in [0.25, 0.3) is 0 Å². The number of nitrogens with one attached hydrogen (secondary N) is 1. The molecule has 0 aliphatic carbocycles. The van der Waals surface area contributed by atoms with Gasteiger partial charge in [0, 0.05) is 34.7 Å². The minimum atomic E-state index is -4.11. The lowest BCUT2D eigenvalue weighted by Crippen LogP contribution is -2.41. The molecule has 3 heterocycles. The molecule has 0 radical (unpaired) electrons. The van der Waals surface area contributed by atoms with Crippen molar-refractivity contribution in [2.75, 3.05) is 18.4 Å². The van der Waals surface area contributed by atoms with Gasteiger partial charge in [0.2, 0.25) is 0 Å². The number of alkyl halides is 3. The average molecular weight is 454 g/mol. The Balaban J connectivity index is 1.41. The van der Waals surface area contributed by atoms with Crippen molar-refractivity contribution >= 4 is 33.8 Å². The first kappa shape index (κ1) is 22.7. The lowest BCUT2D eigenvalue weighted by Gasteiger charge is -2.32. The summed E-state index contributed by atoms with van der Waals surface area (Å²) >= 11 is 0. The van der Waals surface area contributed by atoms with Crippen LogP contribution in [0.1, 0.15) is 46.1 Å². The number of urea groups is 1. The van der Waals surface area contributed by atoms with E-state index in [1.807, 2.05) is 52.8 Å². The maximum Gasteiger partial charge on any atom is 0.495 e. The largest absolute Gasteiger partial charge is 0.495 e. The summed E-state index contributed by atoms with van der Waals surface area (Å²) in [5.74, 6) is 0. The van der Waals surface area contributed by atoms with Crippen LogP contribution in [0.5, 0.6) is 0 Å². The maximum atomic E-state index is 12.8. The van der Waals surface area contributed by atoms with E-state index < -0.39 is 40.4 Å². The van der Waals surface area contributed by atoms with E-state index in [-0.39, 0.29) is 16.6 Å². The number of aryl methyl sites for hydroxylation is 1. The van der Waals surface area contributed by atoms with Crippen LogP contribution in [-0.2, 0) is 9.31 Å². The Kier molecular flexibility index (Phi) is 5.30. The van der Waals surface area contributed by atoms with Crippen molar-refractivity contribution in [1.29, 1.82) is 0 Å². The predicted molar refractivity (Wildman–Crippen MR) is 118 cm³/mol. The number of carbonyl (C=O) groups is 1. The summed E-state index contributed by atoms with van der Waals surface area (Å²) in [4.78, 5) is 14.5. The van der Waals surface area contributed by atoms with E-state index in [1.165, 1.54) is 0 Å². The number of halogens is 3. The minimum absolute atomic E-state index is 0.214. The molecule has 1 aromatic rings. The third-order valence-electron chi connectivity index (χ3n) is 7.55. The summed E-state index contributed by atoms with van der Waals surface area (Å²) < 4.78 is 50.5. The smallest absolute Gasteiger partial charge is 0.399 e.